The fraction of sp³-hybridized carbons (Fsp3) is 0.200. The Kier molecular flexibility index (Phi) is 4.83. The summed E-state index contributed by atoms with van der Waals surface area (Å²) in [6.45, 7) is 1.69. The summed E-state index contributed by atoms with van der Waals surface area (Å²) in [5.74, 6) is -1.04. The quantitative estimate of drug-likeness (QED) is 0.691. The molecule has 0 radical (unpaired) electrons. The van der Waals surface area contributed by atoms with Gasteiger partial charge in [0.25, 0.3) is 5.91 Å². The monoisotopic (exact) mass is 412 g/mol. The second-order valence-electron chi connectivity index (χ2n) is 6.80. The normalized spacial score (nSPS) is 13.9. The van der Waals surface area contributed by atoms with Gasteiger partial charge in [-0.05, 0) is 43.5 Å². The van der Waals surface area contributed by atoms with Gasteiger partial charge >= 0.3 is 0 Å². The summed E-state index contributed by atoms with van der Waals surface area (Å²) in [4.78, 5) is 24.2. The summed E-state index contributed by atoms with van der Waals surface area (Å²) in [6.07, 6.45) is 5.41. The van der Waals surface area contributed by atoms with E-state index in [2.05, 4.69) is 20.3 Å². The second kappa shape index (κ2) is 7.32. The SMILES string of the molecule is Cc1ncc(C(=O)Nc2ncc(-c3cccc(S(=O)(=O)C4CC4)c3)cc2F)cn1. The van der Waals surface area contributed by atoms with Gasteiger partial charge in [0.05, 0.1) is 15.7 Å². The van der Waals surface area contributed by atoms with Crippen LogP contribution in [0.3, 0.4) is 0 Å². The maximum Gasteiger partial charge on any atom is 0.260 e. The van der Waals surface area contributed by atoms with E-state index < -0.39 is 21.6 Å². The van der Waals surface area contributed by atoms with Crippen LogP contribution in [-0.2, 0) is 9.84 Å². The molecule has 4 rings (SSSR count). The van der Waals surface area contributed by atoms with Crippen molar-refractivity contribution in [2.75, 3.05) is 5.32 Å². The first kappa shape index (κ1) is 19.1. The lowest BCUT2D eigenvalue weighted by atomic mass is 10.1. The molecule has 0 aliphatic heterocycles. The van der Waals surface area contributed by atoms with E-state index in [0.29, 0.717) is 29.8 Å². The Morgan fingerprint density at radius 3 is 2.45 bits per heavy atom. The smallest absolute Gasteiger partial charge is 0.260 e. The number of carbonyl (C=O) groups excluding carboxylic acids is 1. The van der Waals surface area contributed by atoms with Gasteiger partial charge in [0.1, 0.15) is 5.82 Å². The van der Waals surface area contributed by atoms with Crippen molar-refractivity contribution in [3.05, 3.63) is 66.1 Å². The standard InChI is InChI=1S/C20H17FN4O3S/c1-12-22-10-15(11-23-12)20(26)25-19-18(21)8-14(9-24-19)13-3-2-4-17(7-13)29(27,28)16-5-6-16/h2-4,7-11,16H,5-6H2,1H3,(H,24,25,26). The molecule has 1 saturated carbocycles. The van der Waals surface area contributed by atoms with Gasteiger partial charge in [-0.3, -0.25) is 4.79 Å². The van der Waals surface area contributed by atoms with Crippen molar-refractivity contribution in [2.45, 2.75) is 29.9 Å². The number of amides is 1. The molecule has 148 valence electrons. The van der Waals surface area contributed by atoms with E-state index >= 15 is 0 Å². The zero-order valence-corrected chi connectivity index (χ0v) is 16.3. The highest BCUT2D eigenvalue weighted by atomic mass is 32.2. The zero-order valence-electron chi connectivity index (χ0n) is 15.5. The number of sulfone groups is 1. The maximum atomic E-state index is 14.5. The molecule has 7 nitrogen and oxygen atoms in total. The van der Waals surface area contributed by atoms with Gasteiger partial charge in [-0.15, -0.1) is 0 Å². The predicted molar refractivity (Wildman–Crippen MR) is 105 cm³/mol. The number of carbonyl (C=O) groups is 1. The molecule has 1 N–H and O–H groups in total. The first-order valence-corrected chi connectivity index (χ1v) is 10.5. The van der Waals surface area contributed by atoms with Gasteiger partial charge in [0, 0.05) is 24.2 Å². The number of nitrogens with one attached hydrogen (secondary N) is 1. The molecule has 1 fully saturated rings. The second-order valence-corrected chi connectivity index (χ2v) is 9.03. The molecule has 3 aromatic rings. The minimum Gasteiger partial charge on any atom is -0.304 e. The number of halogens is 1. The molecule has 2 aromatic heterocycles. The molecule has 1 aliphatic rings. The van der Waals surface area contributed by atoms with Crippen LogP contribution in [0.2, 0.25) is 0 Å². The van der Waals surface area contributed by atoms with Gasteiger partial charge < -0.3 is 5.32 Å². The lowest BCUT2D eigenvalue weighted by molar-refractivity contribution is 0.102. The summed E-state index contributed by atoms with van der Waals surface area (Å²) < 4.78 is 39.4. The highest BCUT2D eigenvalue weighted by molar-refractivity contribution is 7.92. The Hall–Kier alpha value is -3.20. The van der Waals surface area contributed by atoms with Crippen LogP contribution in [0, 0.1) is 12.7 Å². The van der Waals surface area contributed by atoms with E-state index in [0.717, 1.165) is 0 Å². The van der Waals surface area contributed by atoms with E-state index in [1.54, 1.807) is 25.1 Å². The van der Waals surface area contributed by atoms with E-state index in [4.69, 9.17) is 0 Å². The van der Waals surface area contributed by atoms with Crippen LogP contribution in [0.25, 0.3) is 11.1 Å². The largest absolute Gasteiger partial charge is 0.304 e. The van der Waals surface area contributed by atoms with Gasteiger partial charge in [-0.1, -0.05) is 12.1 Å². The topological polar surface area (TPSA) is 102 Å². The first-order chi connectivity index (χ1) is 13.8. The Morgan fingerprint density at radius 2 is 1.79 bits per heavy atom. The Labute approximate surface area is 167 Å². The summed E-state index contributed by atoms with van der Waals surface area (Å²) in [7, 11) is -3.35. The lowest BCUT2D eigenvalue weighted by Crippen LogP contribution is -2.15. The number of pyridine rings is 1. The van der Waals surface area contributed by atoms with Crippen molar-refractivity contribution >= 4 is 21.6 Å². The molecule has 0 spiro atoms. The molecule has 0 bridgehead atoms. The molecule has 1 aromatic carbocycles. The molecule has 2 heterocycles. The van der Waals surface area contributed by atoms with Crippen molar-refractivity contribution < 1.29 is 17.6 Å². The maximum absolute atomic E-state index is 14.5. The highest BCUT2D eigenvalue weighted by Crippen LogP contribution is 2.35. The molecular weight excluding hydrogens is 395 g/mol. The Bertz CT molecular complexity index is 1190. The summed E-state index contributed by atoms with van der Waals surface area (Å²) >= 11 is 0. The van der Waals surface area contributed by atoms with Crippen LogP contribution in [0.1, 0.15) is 29.0 Å². The van der Waals surface area contributed by atoms with Crippen LogP contribution in [0.5, 0.6) is 0 Å². The molecule has 29 heavy (non-hydrogen) atoms. The van der Waals surface area contributed by atoms with E-state index in [1.165, 1.54) is 30.7 Å². The molecule has 0 atom stereocenters. The third-order valence-electron chi connectivity index (χ3n) is 4.58. The first-order valence-electron chi connectivity index (χ1n) is 8.94. The van der Waals surface area contributed by atoms with Crippen molar-refractivity contribution in [1.82, 2.24) is 15.0 Å². The number of hydrogen-bond donors (Lipinski definition) is 1. The zero-order chi connectivity index (χ0) is 20.6. The Morgan fingerprint density at radius 1 is 1.07 bits per heavy atom. The lowest BCUT2D eigenvalue weighted by Gasteiger charge is -2.09. The third kappa shape index (κ3) is 4.00. The van der Waals surface area contributed by atoms with Gasteiger partial charge in [-0.2, -0.15) is 0 Å². The third-order valence-corrected chi connectivity index (χ3v) is 6.84. The fourth-order valence-corrected chi connectivity index (χ4v) is 4.50. The molecule has 9 heteroatoms. The summed E-state index contributed by atoms with van der Waals surface area (Å²) in [5, 5.41) is 2.06. The van der Waals surface area contributed by atoms with Crippen molar-refractivity contribution in [2.24, 2.45) is 0 Å². The number of aromatic nitrogens is 3. The summed E-state index contributed by atoms with van der Waals surface area (Å²) in [6, 6.07) is 7.57. The molecular formula is C20H17FN4O3S. The molecule has 1 amide bonds. The van der Waals surface area contributed by atoms with Crippen LogP contribution >= 0.6 is 0 Å². The van der Waals surface area contributed by atoms with Crippen molar-refractivity contribution in [1.29, 1.82) is 0 Å². The van der Waals surface area contributed by atoms with Gasteiger partial charge in [0.2, 0.25) is 0 Å². The minimum absolute atomic E-state index is 0.180. The number of anilines is 1. The fourth-order valence-electron chi connectivity index (χ4n) is 2.80. The number of nitrogens with zero attached hydrogens (tertiary/aromatic N) is 3. The van der Waals surface area contributed by atoms with Gasteiger partial charge in [-0.25, -0.2) is 27.8 Å². The van der Waals surface area contributed by atoms with Gasteiger partial charge in [0.15, 0.2) is 21.5 Å². The molecule has 0 unspecified atom stereocenters. The van der Waals surface area contributed by atoms with E-state index in [9.17, 15) is 17.6 Å². The van der Waals surface area contributed by atoms with E-state index in [-0.39, 0.29) is 21.5 Å². The number of benzene rings is 1. The van der Waals surface area contributed by atoms with Crippen LogP contribution in [-0.4, -0.2) is 34.5 Å². The van der Waals surface area contributed by atoms with Crippen LogP contribution in [0.15, 0.2) is 53.8 Å². The van der Waals surface area contributed by atoms with Crippen molar-refractivity contribution in [3.63, 3.8) is 0 Å². The number of rotatable bonds is 5. The average molecular weight is 412 g/mol. The predicted octanol–water partition coefficient (Wildman–Crippen LogP) is 3.17. The van der Waals surface area contributed by atoms with Crippen molar-refractivity contribution in [3.8, 4) is 11.1 Å². The summed E-state index contributed by atoms with van der Waals surface area (Å²) in [5.41, 5.74) is 1.12. The average Bonchev–Trinajstić information content (AvgIpc) is 3.56. The number of aryl methyl sites for hydroxylation is 1. The Balaban J connectivity index is 1.57. The van der Waals surface area contributed by atoms with Crippen LogP contribution < -0.4 is 5.32 Å². The van der Waals surface area contributed by atoms with E-state index in [1.807, 2.05) is 0 Å². The van der Waals surface area contributed by atoms with Crippen LogP contribution in [0.4, 0.5) is 10.2 Å². The number of hydrogen-bond acceptors (Lipinski definition) is 6. The molecule has 1 aliphatic carbocycles. The minimum atomic E-state index is -3.35. The highest BCUT2D eigenvalue weighted by Gasteiger charge is 2.36. The molecule has 0 saturated heterocycles.